The fourth-order valence-electron chi connectivity index (χ4n) is 1.87. The maximum atomic E-state index is 12.2. The molecule has 0 atom stereocenters. The normalized spacial score (nSPS) is 11.0. The molecule has 0 radical (unpaired) electrons. The SMILES string of the molecule is Cc1csc(CNC(=O)c2cccc(S(=O)(=O)NCCC#N)c2)n1. The summed E-state index contributed by atoms with van der Waals surface area (Å²) in [6.45, 7) is 2.18. The van der Waals surface area contributed by atoms with E-state index in [1.54, 1.807) is 0 Å². The molecule has 9 heteroatoms. The van der Waals surface area contributed by atoms with E-state index in [0.29, 0.717) is 0 Å². The Morgan fingerprint density at radius 1 is 1.42 bits per heavy atom. The smallest absolute Gasteiger partial charge is 0.251 e. The Bertz CT molecular complexity index is 869. The zero-order valence-corrected chi connectivity index (χ0v) is 14.6. The van der Waals surface area contributed by atoms with Crippen LogP contribution in [0.1, 0.15) is 27.5 Å². The monoisotopic (exact) mass is 364 g/mol. The van der Waals surface area contributed by atoms with Crippen molar-refractivity contribution in [3.8, 4) is 6.07 Å². The largest absolute Gasteiger partial charge is 0.346 e. The van der Waals surface area contributed by atoms with E-state index in [9.17, 15) is 13.2 Å². The van der Waals surface area contributed by atoms with E-state index in [-0.39, 0.29) is 35.9 Å². The minimum atomic E-state index is -3.74. The van der Waals surface area contributed by atoms with Gasteiger partial charge in [-0.05, 0) is 25.1 Å². The molecule has 0 spiro atoms. The fourth-order valence-corrected chi connectivity index (χ4v) is 3.66. The second-order valence-electron chi connectivity index (χ2n) is 4.90. The van der Waals surface area contributed by atoms with E-state index in [1.807, 2.05) is 18.4 Å². The second-order valence-corrected chi connectivity index (χ2v) is 7.61. The third kappa shape index (κ3) is 4.86. The van der Waals surface area contributed by atoms with Gasteiger partial charge in [-0.3, -0.25) is 4.79 Å². The first-order valence-corrected chi connectivity index (χ1v) is 9.44. The average Bonchev–Trinajstić information content (AvgIpc) is 2.98. The van der Waals surface area contributed by atoms with Crippen molar-refractivity contribution in [2.45, 2.75) is 24.8 Å². The summed E-state index contributed by atoms with van der Waals surface area (Å²) in [5.41, 5.74) is 1.13. The van der Waals surface area contributed by atoms with Crippen LogP contribution in [0, 0.1) is 18.3 Å². The summed E-state index contributed by atoms with van der Waals surface area (Å²) < 4.78 is 26.5. The molecule has 0 aliphatic heterocycles. The number of nitriles is 1. The number of aryl methyl sites for hydroxylation is 1. The number of benzene rings is 1. The molecular weight excluding hydrogens is 348 g/mol. The molecule has 1 aromatic heterocycles. The fraction of sp³-hybridized carbons (Fsp3) is 0.267. The van der Waals surface area contributed by atoms with Crippen LogP contribution in [0.2, 0.25) is 0 Å². The lowest BCUT2D eigenvalue weighted by molar-refractivity contribution is 0.0950. The number of nitrogens with zero attached hydrogens (tertiary/aromatic N) is 2. The van der Waals surface area contributed by atoms with E-state index < -0.39 is 10.0 Å². The van der Waals surface area contributed by atoms with Crippen LogP contribution in [0.25, 0.3) is 0 Å². The molecular formula is C15H16N4O3S2. The molecule has 0 aliphatic carbocycles. The van der Waals surface area contributed by atoms with Crippen LogP contribution < -0.4 is 10.0 Å². The number of hydrogen-bond acceptors (Lipinski definition) is 6. The summed E-state index contributed by atoms with van der Waals surface area (Å²) in [5, 5.41) is 13.8. The van der Waals surface area contributed by atoms with Gasteiger partial charge in [0.15, 0.2) is 0 Å². The Morgan fingerprint density at radius 3 is 2.88 bits per heavy atom. The van der Waals surface area contributed by atoms with Gasteiger partial charge in [0.1, 0.15) is 5.01 Å². The number of aromatic nitrogens is 1. The molecule has 0 aliphatic rings. The van der Waals surface area contributed by atoms with Gasteiger partial charge in [-0.1, -0.05) is 6.07 Å². The molecule has 0 saturated heterocycles. The molecule has 2 N–H and O–H groups in total. The van der Waals surface area contributed by atoms with Gasteiger partial charge in [0.2, 0.25) is 10.0 Å². The number of amides is 1. The molecule has 0 saturated carbocycles. The summed E-state index contributed by atoms with van der Waals surface area (Å²) in [4.78, 5) is 16.4. The Labute approximate surface area is 144 Å². The quantitative estimate of drug-likeness (QED) is 0.724. The molecule has 1 aromatic carbocycles. The van der Waals surface area contributed by atoms with Gasteiger partial charge in [0.05, 0.1) is 17.5 Å². The number of carbonyl (C=O) groups excluding carboxylic acids is 1. The minimum absolute atomic E-state index is 0.0156. The van der Waals surface area contributed by atoms with Crippen molar-refractivity contribution in [1.82, 2.24) is 15.0 Å². The highest BCUT2D eigenvalue weighted by Gasteiger charge is 2.16. The van der Waals surface area contributed by atoms with Gasteiger partial charge in [-0.15, -0.1) is 11.3 Å². The van der Waals surface area contributed by atoms with E-state index in [4.69, 9.17) is 5.26 Å². The lowest BCUT2D eigenvalue weighted by Gasteiger charge is -2.07. The van der Waals surface area contributed by atoms with Gasteiger partial charge in [-0.2, -0.15) is 5.26 Å². The van der Waals surface area contributed by atoms with Crippen molar-refractivity contribution in [2.75, 3.05) is 6.54 Å². The van der Waals surface area contributed by atoms with Gasteiger partial charge in [-0.25, -0.2) is 18.1 Å². The first-order chi connectivity index (χ1) is 11.4. The number of rotatable bonds is 7. The number of sulfonamides is 1. The van der Waals surface area contributed by atoms with Crippen molar-refractivity contribution in [1.29, 1.82) is 5.26 Å². The van der Waals surface area contributed by atoms with E-state index in [1.165, 1.54) is 35.6 Å². The molecule has 1 amide bonds. The molecule has 0 bridgehead atoms. The van der Waals surface area contributed by atoms with Crippen LogP contribution in [0.4, 0.5) is 0 Å². The minimum Gasteiger partial charge on any atom is -0.346 e. The summed E-state index contributed by atoms with van der Waals surface area (Å²) in [6, 6.07) is 7.60. The van der Waals surface area contributed by atoms with Crippen molar-refractivity contribution in [3.63, 3.8) is 0 Å². The lowest BCUT2D eigenvalue weighted by atomic mass is 10.2. The number of thiazole rings is 1. The maximum Gasteiger partial charge on any atom is 0.251 e. The molecule has 7 nitrogen and oxygen atoms in total. The number of carbonyl (C=O) groups is 1. The predicted octanol–water partition coefficient (Wildman–Crippen LogP) is 1.57. The summed E-state index contributed by atoms with van der Waals surface area (Å²) in [6.07, 6.45) is 0.0760. The number of hydrogen-bond donors (Lipinski definition) is 2. The van der Waals surface area contributed by atoms with Gasteiger partial charge in [0.25, 0.3) is 5.91 Å². The molecule has 24 heavy (non-hydrogen) atoms. The van der Waals surface area contributed by atoms with Gasteiger partial charge < -0.3 is 5.32 Å². The Balaban J connectivity index is 2.06. The third-order valence-electron chi connectivity index (χ3n) is 3.00. The van der Waals surface area contributed by atoms with Crippen LogP contribution in [-0.4, -0.2) is 25.9 Å². The number of nitrogens with one attached hydrogen (secondary N) is 2. The van der Waals surface area contributed by atoms with Crippen LogP contribution in [0.5, 0.6) is 0 Å². The van der Waals surface area contributed by atoms with Crippen molar-refractivity contribution in [3.05, 3.63) is 45.9 Å². The molecule has 2 rings (SSSR count). The zero-order valence-electron chi connectivity index (χ0n) is 12.9. The molecule has 0 unspecified atom stereocenters. The van der Waals surface area contributed by atoms with Gasteiger partial charge >= 0.3 is 0 Å². The van der Waals surface area contributed by atoms with Crippen molar-refractivity contribution < 1.29 is 13.2 Å². The Kier molecular flexibility index (Phi) is 6.03. The first-order valence-electron chi connectivity index (χ1n) is 7.08. The second kappa shape index (κ2) is 8.01. The van der Waals surface area contributed by atoms with Gasteiger partial charge in [0, 0.05) is 29.6 Å². The highest BCUT2D eigenvalue weighted by atomic mass is 32.2. The average molecular weight is 364 g/mol. The van der Waals surface area contributed by atoms with Crippen LogP contribution >= 0.6 is 11.3 Å². The lowest BCUT2D eigenvalue weighted by Crippen LogP contribution is -2.26. The van der Waals surface area contributed by atoms with Crippen molar-refractivity contribution >= 4 is 27.3 Å². The summed E-state index contributed by atoms with van der Waals surface area (Å²) in [5.74, 6) is -0.378. The molecule has 2 aromatic rings. The predicted molar refractivity (Wildman–Crippen MR) is 89.9 cm³/mol. The Hall–Kier alpha value is -2.28. The maximum absolute atomic E-state index is 12.2. The molecule has 1 heterocycles. The first kappa shape index (κ1) is 18.1. The zero-order chi connectivity index (χ0) is 17.6. The van der Waals surface area contributed by atoms with Crippen LogP contribution in [0.15, 0.2) is 34.5 Å². The third-order valence-corrected chi connectivity index (χ3v) is 5.43. The summed E-state index contributed by atoms with van der Waals surface area (Å²) >= 11 is 1.45. The standard InChI is InChI=1S/C15H16N4O3S2/c1-11-10-23-14(19-11)9-17-15(20)12-4-2-5-13(8-12)24(21,22)18-7-3-6-16/h2,4-5,8,10,18H,3,7,9H2,1H3,(H,17,20). The van der Waals surface area contributed by atoms with Crippen molar-refractivity contribution in [2.24, 2.45) is 0 Å². The van der Waals surface area contributed by atoms with E-state index in [0.717, 1.165) is 10.7 Å². The topological polar surface area (TPSA) is 112 Å². The van der Waals surface area contributed by atoms with E-state index >= 15 is 0 Å². The molecule has 126 valence electrons. The Morgan fingerprint density at radius 2 is 2.21 bits per heavy atom. The highest BCUT2D eigenvalue weighted by molar-refractivity contribution is 7.89. The highest BCUT2D eigenvalue weighted by Crippen LogP contribution is 2.12. The summed E-state index contributed by atoms with van der Waals surface area (Å²) in [7, 11) is -3.74. The molecule has 0 fully saturated rings. The van der Waals surface area contributed by atoms with Crippen LogP contribution in [0.3, 0.4) is 0 Å². The van der Waals surface area contributed by atoms with E-state index in [2.05, 4.69) is 15.0 Å². The van der Waals surface area contributed by atoms with Crippen LogP contribution in [-0.2, 0) is 16.6 Å².